The van der Waals surface area contributed by atoms with Crippen molar-refractivity contribution in [2.24, 2.45) is 4.99 Å². The van der Waals surface area contributed by atoms with Crippen LogP contribution < -0.4 is 20.7 Å². The molecule has 1 atom stereocenters. The van der Waals surface area contributed by atoms with Crippen molar-refractivity contribution < 1.29 is 9.53 Å². The Morgan fingerprint density at radius 2 is 1.90 bits per heavy atom. The van der Waals surface area contributed by atoms with E-state index in [1.54, 1.807) is 14.2 Å². The zero-order valence-electron chi connectivity index (χ0n) is 18.2. The molecule has 164 valence electrons. The minimum Gasteiger partial charge on any atom is -0.496 e. The fourth-order valence-corrected chi connectivity index (χ4v) is 2.86. The van der Waals surface area contributed by atoms with Crippen molar-refractivity contribution in [3.05, 3.63) is 65.2 Å². The first-order valence-electron chi connectivity index (χ1n) is 10.0. The lowest BCUT2D eigenvalue weighted by Gasteiger charge is -2.14. The smallest absolute Gasteiger partial charge is 0.251 e. The van der Waals surface area contributed by atoms with E-state index in [2.05, 4.69) is 33.9 Å². The van der Waals surface area contributed by atoms with E-state index in [0.717, 1.165) is 36.3 Å². The fourth-order valence-electron chi connectivity index (χ4n) is 2.86. The van der Waals surface area contributed by atoms with Crippen LogP contribution in [0, 0.1) is 0 Å². The lowest BCUT2D eigenvalue weighted by molar-refractivity contribution is 0.0939. The van der Waals surface area contributed by atoms with E-state index in [9.17, 15) is 4.79 Å². The summed E-state index contributed by atoms with van der Waals surface area (Å²) in [7, 11) is 3.43. The van der Waals surface area contributed by atoms with Crippen molar-refractivity contribution in [1.29, 1.82) is 0 Å². The first kappa shape index (κ1) is 25.7. The molecule has 30 heavy (non-hydrogen) atoms. The maximum atomic E-state index is 12.3. The van der Waals surface area contributed by atoms with E-state index >= 15 is 0 Å². The van der Waals surface area contributed by atoms with Gasteiger partial charge in [-0.15, -0.1) is 24.0 Å². The predicted octanol–water partition coefficient (Wildman–Crippen LogP) is 3.75. The summed E-state index contributed by atoms with van der Waals surface area (Å²) >= 11 is 0. The molecule has 0 aliphatic carbocycles. The van der Waals surface area contributed by atoms with Crippen molar-refractivity contribution >= 4 is 35.8 Å². The van der Waals surface area contributed by atoms with E-state index in [4.69, 9.17) is 4.74 Å². The van der Waals surface area contributed by atoms with Gasteiger partial charge in [-0.25, -0.2) is 0 Å². The second-order valence-corrected chi connectivity index (χ2v) is 6.90. The second kappa shape index (κ2) is 13.8. The van der Waals surface area contributed by atoms with Crippen LogP contribution in [0.15, 0.2) is 53.5 Å². The highest BCUT2D eigenvalue weighted by Gasteiger charge is 2.09. The third kappa shape index (κ3) is 8.22. The Kier molecular flexibility index (Phi) is 11.9. The minimum absolute atomic E-state index is 0. The molecule has 0 heterocycles. The molecule has 0 fully saturated rings. The highest BCUT2D eigenvalue weighted by atomic mass is 127. The molecule has 2 aromatic rings. The van der Waals surface area contributed by atoms with Crippen LogP contribution in [0.5, 0.6) is 5.75 Å². The maximum Gasteiger partial charge on any atom is 0.251 e. The number of halogens is 1. The SMILES string of the molecule is CCC(C)NC(=O)c1cccc(CNC(=NC)NCCc2ccccc2OC)c1.I. The zero-order valence-corrected chi connectivity index (χ0v) is 20.5. The van der Waals surface area contributed by atoms with Crippen LogP contribution in [0.4, 0.5) is 0 Å². The number of ether oxygens (including phenoxy) is 1. The van der Waals surface area contributed by atoms with Crippen LogP contribution in [0.1, 0.15) is 41.8 Å². The van der Waals surface area contributed by atoms with Crippen molar-refractivity contribution in [3.8, 4) is 5.75 Å². The standard InChI is InChI=1S/C23H32N4O2.HI/c1-5-17(2)27-22(28)20-11-8-9-18(15-20)16-26-23(24-3)25-14-13-19-10-6-7-12-21(19)29-4;/h6-12,15,17H,5,13-14,16H2,1-4H3,(H,27,28)(H2,24,25,26);1H. The number of benzene rings is 2. The third-order valence-electron chi connectivity index (χ3n) is 4.74. The van der Waals surface area contributed by atoms with E-state index in [1.807, 2.05) is 49.4 Å². The van der Waals surface area contributed by atoms with Crippen LogP contribution in [0.2, 0.25) is 0 Å². The lowest BCUT2D eigenvalue weighted by atomic mass is 10.1. The monoisotopic (exact) mass is 524 g/mol. The maximum absolute atomic E-state index is 12.3. The van der Waals surface area contributed by atoms with Crippen LogP contribution in [0.25, 0.3) is 0 Å². The van der Waals surface area contributed by atoms with Crippen molar-refractivity contribution in [2.75, 3.05) is 20.7 Å². The number of nitrogens with one attached hydrogen (secondary N) is 3. The highest BCUT2D eigenvalue weighted by Crippen LogP contribution is 2.17. The van der Waals surface area contributed by atoms with Crippen LogP contribution in [0.3, 0.4) is 0 Å². The molecule has 0 spiro atoms. The Morgan fingerprint density at radius 3 is 2.60 bits per heavy atom. The van der Waals surface area contributed by atoms with Gasteiger partial charge in [0.25, 0.3) is 5.91 Å². The average molecular weight is 524 g/mol. The molecule has 0 saturated carbocycles. The summed E-state index contributed by atoms with van der Waals surface area (Å²) in [6, 6.07) is 15.8. The van der Waals surface area contributed by atoms with Gasteiger partial charge in [-0.3, -0.25) is 9.79 Å². The summed E-state index contributed by atoms with van der Waals surface area (Å²) in [6.07, 6.45) is 1.74. The molecule has 1 amide bonds. The number of nitrogens with zero attached hydrogens (tertiary/aromatic N) is 1. The number of hydrogen-bond donors (Lipinski definition) is 3. The first-order valence-corrected chi connectivity index (χ1v) is 10.0. The van der Waals surface area contributed by atoms with Crippen LogP contribution in [-0.4, -0.2) is 38.6 Å². The Bertz CT molecular complexity index is 826. The molecular weight excluding hydrogens is 491 g/mol. The summed E-state index contributed by atoms with van der Waals surface area (Å²) in [5, 5.41) is 9.61. The minimum atomic E-state index is -0.0412. The number of carbonyl (C=O) groups is 1. The number of aliphatic imine (C=N–C) groups is 1. The van der Waals surface area contributed by atoms with Crippen molar-refractivity contribution in [3.63, 3.8) is 0 Å². The van der Waals surface area contributed by atoms with Gasteiger partial charge < -0.3 is 20.7 Å². The molecule has 1 unspecified atom stereocenters. The van der Waals surface area contributed by atoms with Crippen molar-refractivity contribution in [1.82, 2.24) is 16.0 Å². The van der Waals surface area contributed by atoms with Gasteiger partial charge in [0.1, 0.15) is 5.75 Å². The number of amides is 1. The molecule has 6 nitrogen and oxygen atoms in total. The van der Waals surface area contributed by atoms with E-state index in [0.29, 0.717) is 18.1 Å². The third-order valence-corrected chi connectivity index (χ3v) is 4.74. The van der Waals surface area contributed by atoms with Gasteiger partial charge in [-0.2, -0.15) is 0 Å². The lowest BCUT2D eigenvalue weighted by Crippen LogP contribution is -2.38. The molecule has 0 aliphatic heterocycles. The Balaban J connectivity index is 0.00000450. The van der Waals surface area contributed by atoms with Crippen LogP contribution in [-0.2, 0) is 13.0 Å². The van der Waals surface area contributed by atoms with Gasteiger partial charge in [0.2, 0.25) is 0 Å². The summed E-state index contributed by atoms with van der Waals surface area (Å²) in [5.74, 6) is 1.57. The quantitative estimate of drug-likeness (QED) is 0.266. The van der Waals surface area contributed by atoms with Gasteiger partial charge in [0.05, 0.1) is 7.11 Å². The Hall–Kier alpha value is -2.29. The Labute approximate surface area is 196 Å². The molecule has 0 bridgehead atoms. The largest absolute Gasteiger partial charge is 0.496 e. The van der Waals surface area contributed by atoms with Gasteiger partial charge in [-0.1, -0.05) is 37.3 Å². The molecule has 0 radical (unpaired) electrons. The van der Waals surface area contributed by atoms with Gasteiger partial charge in [0.15, 0.2) is 5.96 Å². The zero-order chi connectivity index (χ0) is 21.1. The average Bonchev–Trinajstić information content (AvgIpc) is 2.76. The fraction of sp³-hybridized carbons (Fsp3) is 0.391. The van der Waals surface area contributed by atoms with Crippen LogP contribution >= 0.6 is 24.0 Å². The molecular formula is C23H33IN4O2. The molecule has 0 saturated heterocycles. The topological polar surface area (TPSA) is 74.8 Å². The second-order valence-electron chi connectivity index (χ2n) is 6.90. The number of hydrogen-bond acceptors (Lipinski definition) is 3. The van der Waals surface area contributed by atoms with E-state index in [1.165, 1.54) is 0 Å². The van der Waals surface area contributed by atoms with Gasteiger partial charge in [-0.05, 0) is 49.1 Å². The molecule has 0 aliphatic rings. The Morgan fingerprint density at radius 1 is 1.13 bits per heavy atom. The summed E-state index contributed by atoms with van der Waals surface area (Å²) in [5.41, 5.74) is 2.84. The molecule has 2 rings (SSSR count). The van der Waals surface area contributed by atoms with E-state index in [-0.39, 0.29) is 35.9 Å². The normalized spacial score (nSPS) is 11.8. The van der Waals surface area contributed by atoms with Gasteiger partial charge in [0, 0.05) is 31.7 Å². The highest BCUT2D eigenvalue weighted by molar-refractivity contribution is 14.0. The summed E-state index contributed by atoms with van der Waals surface area (Å²) in [6.45, 7) is 5.37. The number of guanidine groups is 1. The number of rotatable bonds is 9. The predicted molar refractivity (Wildman–Crippen MR) is 134 cm³/mol. The molecule has 2 aromatic carbocycles. The number of carbonyl (C=O) groups excluding carboxylic acids is 1. The molecule has 7 heteroatoms. The van der Waals surface area contributed by atoms with E-state index < -0.39 is 0 Å². The van der Waals surface area contributed by atoms with Gasteiger partial charge >= 0.3 is 0 Å². The summed E-state index contributed by atoms with van der Waals surface area (Å²) < 4.78 is 5.39. The first-order chi connectivity index (χ1) is 14.1. The number of methoxy groups -OCH3 is 1. The molecule has 3 N–H and O–H groups in total. The van der Waals surface area contributed by atoms with Crippen molar-refractivity contribution in [2.45, 2.75) is 39.3 Å². The summed E-state index contributed by atoms with van der Waals surface area (Å²) in [4.78, 5) is 16.6. The number of para-hydroxylation sites is 1. The molecule has 0 aromatic heterocycles.